The average molecular weight is 356 g/mol. The van der Waals surface area contributed by atoms with Crippen molar-refractivity contribution in [1.29, 1.82) is 0 Å². The zero-order chi connectivity index (χ0) is 18.1. The second kappa shape index (κ2) is 6.92. The molecular weight excluding hydrogens is 335 g/mol. The number of anilines is 1. The largest absolute Gasteiger partial charge is 0.378 e. The molecule has 0 saturated carbocycles. The summed E-state index contributed by atoms with van der Waals surface area (Å²) in [4.78, 5) is 13.0. The van der Waals surface area contributed by atoms with Crippen LogP contribution in [0, 0.1) is 12.7 Å². The molecule has 130 valence electrons. The van der Waals surface area contributed by atoms with E-state index in [1.165, 1.54) is 17.8 Å². The molecule has 3 aromatic rings. The molecule has 0 spiro atoms. The molecule has 0 radical (unpaired) electrons. The molecule has 3 rings (SSSR count). The Morgan fingerprint density at radius 1 is 1.20 bits per heavy atom. The van der Waals surface area contributed by atoms with Gasteiger partial charge in [-0.05, 0) is 60.9 Å². The van der Waals surface area contributed by atoms with Gasteiger partial charge >= 0.3 is 0 Å². The minimum absolute atomic E-state index is 0.00907. The number of benzene rings is 2. The Labute approximate surface area is 150 Å². The van der Waals surface area contributed by atoms with E-state index in [0.717, 1.165) is 22.2 Å². The lowest BCUT2D eigenvalue weighted by molar-refractivity contribution is 0.602. The van der Waals surface area contributed by atoms with Gasteiger partial charge in [-0.15, -0.1) is 11.8 Å². The summed E-state index contributed by atoms with van der Waals surface area (Å²) in [6.45, 7) is 4.01. The molecule has 0 unspecified atom stereocenters. The van der Waals surface area contributed by atoms with Gasteiger partial charge in [0.15, 0.2) is 0 Å². The summed E-state index contributed by atoms with van der Waals surface area (Å²) >= 11 is 1.38. The molecule has 0 saturated heterocycles. The van der Waals surface area contributed by atoms with Gasteiger partial charge < -0.3 is 9.88 Å². The van der Waals surface area contributed by atoms with Crippen molar-refractivity contribution in [3.8, 4) is 0 Å². The number of aryl methyl sites for hydroxylation is 2. The third-order valence-corrected chi connectivity index (χ3v) is 5.20. The lowest BCUT2D eigenvalue weighted by Crippen LogP contribution is -2.17. The molecule has 1 heterocycles. The van der Waals surface area contributed by atoms with Crippen LogP contribution < -0.4 is 10.9 Å². The first-order chi connectivity index (χ1) is 11.9. The van der Waals surface area contributed by atoms with Gasteiger partial charge in [-0.1, -0.05) is 12.1 Å². The number of nitrogens with zero attached hydrogens (tertiary/aromatic N) is 1. The van der Waals surface area contributed by atoms with Crippen LogP contribution in [0.15, 0.2) is 52.3 Å². The van der Waals surface area contributed by atoms with Crippen molar-refractivity contribution in [2.45, 2.75) is 24.8 Å². The SMILES string of the molecule is CSc1c(F)cccc1N[C@H](C)c1cc(C)cc2c(=O)n(C)ccc12. The van der Waals surface area contributed by atoms with Gasteiger partial charge in [0.1, 0.15) is 5.82 Å². The second-order valence-electron chi connectivity index (χ2n) is 6.23. The summed E-state index contributed by atoms with van der Waals surface area (Å²) in [6.07, 6.45) is 3.64. The highest BCUT2D eigenvalue weighted by molar-refractivity contribution is 7.98. The fourth-order valence-electron chi connectivity index (χ4n) is 3.13. The number of aromatic nitrogens is 1. The maximum absolute atomic E-state index is 14.0. The quantitative estimate of drug-likeness (QED) is 0.677. The van der Waals surface area contributed by atoms with Gasteiger partial charge in [-0.3, -0.25) is 4.79 Å². The Kier molecular flexibility index (Phi) is 4.86. The van der Waals surface area contributed by atoms with Gasteiger partial charge in [-0.25, -0.2) is 4.39 Å². The lowest BCUT2D eigenvalue weighted by atomic mass is 9.98. The number of halogens is 1. The van der Waals surface area contributed by atoms with Crippen molar-refractivity contribution in [2.75, 3.05) is 11.6 Å². The van der Waals surface area contributed by atoms with Gasteiger partial charge in [0, 0.05) is 24.7 Å². The molecular formula is C20H21FN2OS. The van der Waals surface area contributed by atoms with E-state index in [4.69, 9.17) is 0 Å². The number of thioether (sulfide) groups is 1. The van der Waals surface area contributed by atoms with Crippen LogP contribution in [0.25, 0.3) is 10.8 Å². The molecule has 0 bridgehead atoms. The molecule has 0 aliphatic carbocycles. The number of hydrogen-bond donors (Lipinski definition) is 1. The molecule has 2 aromatic carbocycles. The first-order valence-corrected chi connectivity index (χ1v) is 9.33. The molecule has 0 fully saturated rings. The van der Waals surface area contributed by atoms with E-state index in [1.807, 2.05) is 38.3 Å². The number of hydrogen-bond acceptors (Lipinski definition) is 3. The van der Waals surface area contributed by atoms with E-state index in [1.54, 1.807) is 23.9 Å². The van der Waals surface area contributed by atoms with Crippen molar-refractivity contribution in [3.05, 3.63) is 69.9 Å². The van der Waals surface area contributed by atoms with Gasteiger partial charge in [0.2, 0.25) is 0 Å². The standard InChI is InChI=1S/C20H21FN2OS/c1-12-10-15(14-8-9-23(3)20(24)16(14)11-12)13(2)22-18-7-5-6-17(21)19(18)25-4/h5-11,13,22H,1-4H3/t13-/m1/s1. The zero-order valence-electron chi connectivity index (χ0n) is 14.8. The fraction of sp³-hybridized carbons (Fsp3) is 0.250. The summed E-state index contributed by atoms with van der Waals surface area (Å²) < 4.78 is 15.6. The van der Waals surface area contributed by atoms with E-state index in [-0.39, 0.29) is 17.4 Å². The Morgan fingerprint density at radius 2 is 1.96 bits per heavy atom. The van der Waals surface area contributed by atoms with Crippen molar-refractivity contribution in [3.63, 3.8) is 0 Å². The van der Waals surface area contributed by atoms with Crippen LogP contribution in [0.5, 0.6) is 0 Å². The third-order valence-electron chi connectivity index (χ3n) is 4.38. The molecule has 0 amide bonds. The van der Waals surface area contributed by atoms with Crippen molar-refractivity contribution < 1.29 is 4.39 Å². The minimum Gasteiger partial charge on any atom is -0.378 e. The van der Waals surface area contributed by atoms with Gasteiger partial charge in [-0.2, -0.15) is 0 Å². The summed E-state index contributed by atoms with van der Waals surface area (Å²) in [7, 11) is 1.75. The molecule has 1 N–H and O–H groups in total. The maximum atomic E-state index is 14.0. The smallest absolute Gasteiger partial charge is 0.258 e. The third kappa shape index (κ3) is 3.29. The number of pyridine rings is 1. The molecule has 1 aromatic heterocycles. The highest BCUT2D eigenvalue weighted by Crippen LogP contribution is 2.32. The molecule has 0 aliphatic heterocycles. The predicted molar refractivity (Wildman–Crippen MR) is 104 cm³/mol. The van der Waals surface area contributed by atoms with Crippen LogP contribution in [0.4, 0.5) is 10.1 Å². The van der Waals surface area contributed by atoms with Crippen LogP contribution in [0.2, 0.25) is 0 Å². The molecule has 0 aliphatic rings. The maximum Gasteiger partial charge on any atom is 0.258 e. The van der Waals surface area contributed by atoms with Crippen LogP contribution in [-0.4, -0.2) is 10.8 Å². The van der Waals surface area contributed by atoms with Gasteiger partial charge in [0.25, 0.3) is 5.56 Å². The van der Waals surface area contributed by atoms with Crippen LogP contribution in [0.3, 0.4) is 0 Å². The molecule has 5 heteroatoms. The highest BCUT2D eigenvalue weighted by Gasteiger charge is 2.15. The summed E-state index contributed by atoms with van der Waals surface area (Å²) in [5, 5.41) is 5.04. The van der Waals surface area contributed by atoms with Crippen LogP contribution >= 0.6 is 11.8 Å². The molecule has 3 nitrogen and oxygen atoms in total. The normalized spacial score (nSPS) is 12.4. The fourth-order valence-corrected chi connectivity index (χ4v) is 3.74. The van der Waals surface area contributed by atoms with E-state index < -0.39 is 0 Å². The molecule has 1 atom stereocenters. The van der Waals surface area contributed by atoms with Crippen LogP contribution in [-0.2, 0) is 7.05 Å². The Hall–Kier alpha value is -2.27. The predicted octanol–water partition coefficient (Wildman–Crippen LogP) is 4.88. The Balaban J connectivity index is 2.09. The van der Waals surface area contributed by atoms with Gasteiger partial charge in [0.05, 0.1) is 10.6 Å². The summed E-state index contributed by atoms with van der Waals surface area (Å²) in [6, 6.07) is 10.9. The molecule has 25 heavy (non-hydrogen) atoms. The second-order valence-corrected chi connectivity index (χ2v) is 7.05. The Bertz CT molecular complexity index is 997. The topological polar surface area (TPSA) is 34.0 Å². The number of nitrogens with one attached hydrogen (secondary N) is 1. The van der Waals surface area contributed by atoms with E-state index in [9.17, 15) is 9.18 Å². The van der Waals surface area contributed by atoms with E-state index >= 15 is 0 Å². The number of fused-ring (bicyclic) bond motifs is 1. The average Bonchev–Trinajstić information content (AvgIpc) is 2.58. The number of rotatable bonds is 4. The van der Waals surface area contributed by atoms with Crippen LogP contribution in [0.1, 0.15) is 24.1 Å². The summed E-state index contributed by atoms with van der Waals surface area (Å²) in [5.41, 5.74) is 2.82. The van der Waals surface area contributed by atoms with Crippen molar-refractivity contribution >= 4 is 28.2 Å². The van der Waals surface area contributed by atoms with Crippen molar-refractivity contribution in [2.24, 2.45) is 7.05 Å². The highest BCUT2D eigenvalue weighted by atomic mass is 32.2. The van der Waals surface area contributed by atoms with E-state index in [2.05, 4.69) is 11.4 Å². The summed E-state index contributed by atoms with van der Waals surface area (Å²) in [5.74, 6) is -0.229. The first-order valence-electron chi connectivity index (χ1n) is 8.11. The lowest BCUT2D eigenvalue weighted by Gasteiger charge is -2.20. The Morgan fingerprint density at radius 3 is 2.68 bits per heavy atom. The minimum atomic E-state index is -0.229. The monoisotopic (exact) mass is 356 g/mol. The van der Waals surface area contributed by atoms with Crippen molar-refractivity contribution in [1.82, 2.24) is 4.57 Å². The first kappa shape index (κ1) is 17.5. The van der Waals surface area contributed by atoms with E-state index in [0.29, 0.717) is 10.3 Å². The zero-order valence-corrected chi connectivity index (χ0v) is 15.6.